The number of nitrogens with zero attached hydrogens (tertiary/aromatic N) is 1. The molecule has 0 bridgehead atoms. The molecule has 0 spiro atoms. The Kier molecular flexibility index (Phi) is 5.51. The quantitative estimate of drug-likeness (QED) is 0.636. The van der Waals surface area contributed by atoms with Crippen LogP contribution in [0.15, 0.2) is 53.1 Å². The first-order valence-corrected chi connectivity index (χ1v) is 7.17. The third-order valence-electron chi connectivity index (χ3n) is 3.08. The maximum atomic E-state index is 5.64. The van der Waals surface area contributed by atoms with Crippen molar-refractivity contribution < 1.29 is 0 Å². The van der Waals surface area contributed by atoms with Crippen molar-refractivity contribution in [1.82, 2.24) is 10.4 Å². The van der Waals surface area contributed by atoms with Crippen LogP contribution in [0.4, 0.5) is 0 Å². The summed E-state index contributed by atoms with van der Waals surface area (Å²) in [6.45, 7) is 0. The molecule has 4 heteroatoms. The lowest BCUT2D eigenvalue weighted by atomic mass is 10.0. The second kappa shape index (κ2) is 7.38. The first-order chi connectivity index (χ1) is 9.28. The lowest BCUT2D eigenvalue weighted by Crippen LogP contribution is -2.37. The van der Waals surface area contributed by atoms with Crippen LogP contribution in [0.5, 0.6) is 0 Å². The molecular weight excluding hydrogens is 302 g/mol. The van der Waals surface area contributed by atoms with Crippen LogP contribution in [0.1, 0.15) is 17.7 Å². The maximum absolute atomic E-state index is 5.64. The SMILES string of the molecule is NNC(CCc1ccccn1)Cc1cccc(Br)c1. The van der Waals surface area contributed by atoms with Gasteiger partial charge < -0.3 is 0 Å². The van der Waals surface area contributed by atoms with E-state index in [1.54, 1.807) is 0 Å². The number of rotatable bonds is 6. The molecule has 1 unspecified atom stereocenters. The molecule has 100 valence electrons. The highest BCUT2D eigenvalue weighted by atomic mass is 79.9. The van der Waals surface area contributed by atoms with E-state index in [1.807, 2.05) is 36.5 Å². The predicted octanol–water partition coefficient (Wildman–Crippen LogP) is 2.85. The molecule has 1 atom stereocenters. The zero-order valence-corrected chi connectivity index (χ0v) is 12.3. The van der Waals surface area contributed by atoms with Gasteiger partial charge in [-0.1, -0.05) is 34.1 Å². The van der Waals surface area contributed by atoms with E-state index in [2.05, 4.69) is 38.5 Å². The fraction of sp³-hybridized carbons (Fsp3) is 0.267. The lowest BCUT2D eigenvalue weighted by molar-refractivity contribution is 0.489. The maximum Gasteiger partial charge on any atom is 0.0404 e. The molecule has 0 radical (unpaired) electrons. The Hall–Kier alpha value is -1.23. The minimum absolute atomic E-state index is 0.260. The van der Waals surface area contributed by atoms with Gasteiger partial charge in [0.2, 0.25) is 0 Å². The topological polar surface area (TPSA) is 50.9 Å². The number of hydrogen-bond donors (Lipinski definition) is 2. The van der Waals surface area contributed by atoms with Crippen LogP contribution in [0, 0.1) is 0 Å². The van der Waals surface area contributed by atoms with Gasteiger partial charge in [-0.2, -0.15) is 0 Å². The summed E-state index contributed by atoms with van der Waals surface area (Å²) in [5, 5.41) is 0. The van der Waals surface area contributed by atoms with Crippen LogP contribution >= 0.6 is 15.9 Å². The van der Waals surface area contributed by atoms with Crippen LogP contribution < -0.4 is 11.3 Å². The summed E-state index contributed by atoms with van der Waals surface area (Å²) < 4.78 is 1.10. The summed E-state index contributed by atoms with van der Waals surface area (Å²) in [5.41, 5.74) is 5.28. The third kappa shape index (κ3) is 4.74. The molecule has 0 saturated heterocycles. The molecule has 1 aromatic carbocycles. The zero-order chi connectivity index (χ0) is 13.5. The predicted molar refractivity (Wildman–Crippen MR) is 81.5 cm³/mol. The molecule has 0 amide bonds. The molecule has 2 rings (SSSR count). The molecule has 3 nitrogen and oxygen atoms in total. The first kappa shape index (κ1) is 14.2. The molecule has 2 aromatic rings. The van der Waals surface area contributed by atoms with Crippen molar-refractivity contribution in [3.8, 4) is 0 Å². The number of aromatic nitrogens is 1. The highest BCUT2D eigenvalue weighted by Gasteiger charge is 2.08. The number of pyridine rings is 1. The van der Waals surface area contributed by atoms with Crippen LogP contribution in [0.25, 0.3) is 0 Å². The molecule has 1 heterocycles. The van der Waals surface area contributed by atoms with E-state index in [0.29, 0.717) is 0 Å². The summed E-state index contributed by atoms with van der Waals surface area (Å²) in [6.07, 6.45) is 4.65. The Labute approximate surface area is 122 Å². The summed E-state index contributed by atoms with van der Waals surface area (Å²) in [5.74, 6) is 5.64. The number of nitrogens with one attached hydrogen (secondary N) is 1. The fourth-order valence-corrected chi connectivity index (χ4v) is 2.51. The van der Waals surface area contributed by atoms with E-state index in [-0.39, 0.29) is 6.04 Å². The summed E-state index contributed by atoms with van der Waals surface area (Å²) in [7, 11) is 0. The average molecular weight is 320 g/mol. The van der Waals surface area contributed by atoms with Crippen LogP contribution in [-0.2, 0) is 12.8 Å². The van der Waals surface area contributed by atoms with Gasteiger partial charge in [0.1, 0.15) is 0 Å². The highest BCUT2D eigenvalue weighted by Crippen LogP contribution is 2.14. The Morgan fingerprint density at radius 1 is 1.21 bits per heavy atom. The van der Waals surface area contributed by atoms with Gasteiger partial charge in [0, 0.05) is 22.4 Å². The fourth-order valence-electron chi connectivity index (χ4n) is 2.06. The van der Waals surface area contributed by atoms with E-state index in [4.69, 9.17) is 5.84 Å². The van der Waals surface area contributed by atoms with Crippen molar-refractivity contribution in [2.24, 2.45) is 5.84 Å². The number of hydrazine groups is 1. The van der Waals surface area contributed by atoms with Crippen molar-refractivity contribution in [3.05, 3.63) is 64.4 Å². The highest BCUT2D eigenvalue weighted by molar-refractivity contribution is 9.10. The lowest BCUT2D eigenvalue weighted by Gasteiger charge is -2.15. The minimum atomic E-state index is 0.260. The Balaban J connectivity index is 1.90. The van der Waals surface area contributed by atoms with Gasteiger partial charge in [0.15, 0.2) is 0 Å². The van der Waals surface area contributed by atoms with Crippen molar-refractivity contribution in [3.63, 3.8) is 0 Å². The Morgan fingerprint density at radius 2 is 2.11 bits per heavy atom. The van der Waals surface area contributed by atoms with Crippen LogP contribution in [0.2, 0.25) is 0 Å². The van der Waals surface area contributed by atoms with E-state index >= 15 is 0 Å². The number of halogens is 1. The third-order valence-corrected chi connectivity index (χ3v) is 3.58. The van der Waals surface area contributed by atoms with Crippen molar-refractivity contribution in [2.75, 3.05) is 0 Å². The Bertz CT molecular complexity index is 502. The number of benzene rings is 1. The second-order valence-corrected chi connectivity index (χ2v) is 5.47. The van der Waals surface area contributed by atoms with Gasteiger partial charge in [-0.15, -0.1) is 0 Å². The van der Waals surface area contributed by atoms with Gasteiger partial charge in [0.25, 0.3) is 0 Å². The number of nitrogens with two attached hydrogens (primary N) is 1. The molecule has 0 aliphatic carbocycles. The van der Waals surface area contributed by atoms with E-state index in [9.17, 15) is 0 Å². The largest absolute Gasteiger partial charge is 0.271 e. The van der Waals surface area contributed by atoms with E-state index < -0.39 is 0 Å². The van der Waals surface area contributed by atoms with Crippen LogP contribution in [0.3, 0.4) is 0 Å². The molecule has 3 N–H and O–H groups in total. The summed E-state index contributed by atoms with van der Waals surface area (Å²) in [4.78, 5) is 4.33. The number of aryl methyl sites for hydroxylation is 1. The zero-order valence-electron chi connectivity index (χ0n) is 10.7. The van der Waals surface area contributed by atoms with Gasteiger partial charge in [-0.3, -0.25) is 16.3 Å². The van der Waals surface area contributed by atoms with Crippen LogP contribution in [-0.4, -0.2) is 11.0 Å². The minimum Gasteiger partial charge on any atom is -0.271 e. The number of hydrogen-bond acceptors (Lipinski definition) is 3. The molecule has 0 fully saturated rings. The Morgan fingerprint density at radius 3 is 2.79 bits per heavy atom. The molecule has 0 aliphatic rings. The molecule has 19 heavy (non-hydrogen) atoms. The first-order valence-electron chi connectivity index (χ1n) is 6.38. The standard InChI is InChI=1S/C15H18BrN3/c16-13-5-3-4-12(10-13)11-15(19-17)8-7-14-6-1-2-9-18-14/h1-6,9-10,15,19H,7-8,11,17H2. The normalized spacial score (nSPS) is 12.3. The molecule has 0 saturated carbocycles. The van der Waals surface area contributed by atoms with Crippen molar-refractivity contribution >= 4 is 15.9 Å². The van der Waals surface area contributed by atoms with Gasteiger partial charge in [-0.05, 0) is 49.1 Å². The van der Waals surface area contributed by atoms with Crippen molar-refractivity contribution in [2.45, 2.75) is 25.3 Å². The molecular formula is C15H18BrN3. The summed E-state index contributed by atoms with van der Waals surface area (Å²) in [6, 6.07) is 14.6. The van der Waals surface area contributed by atoms with Crippen molar-refractivity contribution in [1.29, 1.82) is 0 Å². The van der Waals surface area contributed by atoms with E-state index in [0.717, 1.165) is 29.4 Å². The van der Waals surface area contributed by atoms with Gasteiger partial charge in [-0.25, -0.2) is 0 Å². The van der Waals surface area contributed by atoms with Gasteiger partial charge >= 0.3 is 0 Å². The molecule has 1 aromatic heterocycles. The monoisotopic (exact) mass is 319 g/mol. The molecule has 0 aliphatic heterocycles. The smallest absolute Gasteiger partial charge is 0.0404 e. The second-order valence-electron chi connectivity index (χ2n) is 4.56. The summed E-state index contributed by atoms with van der Waals surface area (Å²) >= 11 is 3.49. The van der Waals surface area contributed by atoms with Gasteiger partial charge in [0.05, 0.1) is 0 Å². The van der Waals surface area contributed by atoms with E-state index in [1.165, 1.54) is 5.56 Å². The average Bonchev–Trinajstić information content (AvgIpc) is 2.44.